The van der Waals surface area contributed by atoms with E-state index in [2.05, 4.69) is 21.2 Å². The lowest BCUT2D eigenvalue weighted by molar-refractivity contribution is -0.130. The van der Waals surface area contributed by atoms with E-state index >= 15 is 0 Å². The molecule has 2 atom stereocenters. The van der Waals surface area contributed by atoms with Crippen LogP contribution < -0.4 is 5.32 Å². The third-order valence-corrected chi connectivity index (χ3v) is 5.39. The molecular formula is C22H23BrN2O2. The molecule has 0 saturated heterocycles. The number of amides is 2. The third kappa shape index (κ3) is 4.48. The molecule has 2 unspecified atom stereocenters. The second-order valence-corrected chi connectivity index (χ2v) is 7.59. The second kappa shape index (κ2) is 8.53. The lowest BCUT2D eigenvalue weighted by Gasteiger charge is -2.32. The molecule has 1 heterocycles. The summed E-state index contributed by atoms with van der Waals surface area (Å²) in [6, 6.07) is 15.5. The van der Waals surface area contributed by atoms with E-state index in [4.69, 9.17) is 0 Å². The van der Waals surface area contributed by atoms with Crippen LogP contribution in [0.2, 0.25) is 0 Å². The molecule has 1 aliphatic heterocycles. The van der Waals surface area contributed by atoms with Gasteiger partial charge in [-0.15, -0.1) is 0 Å². The summed E-state index contributed by atoms with van der Waals surface area (Å²) in [5.74, 6) is -0.135. The molecule has 4 nitrogen and oxygen atoms in total. The van der Waals surface area contributed by atoms with Crippen LogP contribution in [0.4, 0.5) is 0 Å². The van der Waals surface area contributed by atoms with Gasteiger partial charge in [0.2, 0.25) is 11.8 Å². The van der Waals surface area contributed by atoms with Gasteiger partial charge in [0.1, 0.15) is 0 Å². The Morgan fingerprint density at radius 1 is 1.15 bits per heavy atom. The molecule has 0 radical (unpaired) electrons. The molecule has 0 aromatic heterocycles. The highest BCUT2D eigenvalue weighted by Crippen LogP contribution is 2.33. The van der Waals surface area contributed by atoms with Gasteiger partial charge >= 0.3 is 0 Å². The summed E-state index contributed by atoms with van der Waals surface area (Å²) in [4.78, 5) is 26.5. The normalized spacial score (nSPS) is 16.6. The van der Waals surface area contributed by atoms with Gasteiger partial charge < -0.3 is 10.2 Å². The molecule has 1 N–H and O–H groups in total. The van der Waals surface area contributed by atoms with E-state index in [1.165, 1.54) is 6.92 Å². The smallest absolute Gasteiger partial charge is 0.223 e. The quantitative estimate of drug-likeness (QED) is 0.732. The first-order valence-electron chi connectivity index (χ1n) is 9.10. The van der Waals surface area contributed by atoms with Gasteiger partial charge in [0, 0.05) is 17.6 Å². The van der Waals surface area contributed by atoms with Crippen molar-refractivity contribution in [2.24, 2.45) is 0 Å². The molecule has 3 rings (SSSR count). The molecule has 0 spiro atoms. The first kappa shape index (κ1) is 19.4. The molecule has 27 heavy (non-hydrogen) atoms. The number of hydrogen-bond acceptors (Lipinski definition) is 2. The van der Waals surface area contributed by atoms with E-state index in [1.54, 1.807) is 11.1 Å². The van der Waals surface area contributed by atoms with Crippen molar-refractivity contribution in [3.63, 3.8) is 0 Å². The average molecular weight is 427 g/mol. The predicted molar refractivity (Wildman–Crippen MR) is 111 cm³/mol. The van der Waals surface area contributed by atoms with Gasteiger partial charge in [0.25, 0.3) is 0 Å². The number of carbonyl (C=O) groups is 2. The van der Waals surface area contributed by atoms with Crippen molar-refractivity contribution in [2.45, 2.75) is 38.8 Å². The first-order chi connectivity index (χ1) is 13.0. The summed E-state index contributed by atoms with van der Waals surface area (Å²) in [6.45, 7) is 3.58. The number of carbonyl (C=O) groups excluding carboxylic acids is 2. The number of rotatable bonds is 5. The Morgan fingerprint density at radius 2 is 1.85 bits per heavy atom. The van der Waals surface area contributed by atoms with E-state index in [9.17, 15) is 9.59 Å². The van der Waals surface area contributed by atoms with E-state index in [0.717, 1.165) is 27.6 Å². The molecule has 0 fully saturated rings. The maximum absolute atomic E-state index is 12.8. The third-order valence-electron chi connectivity index (χ3n) is 4.86. The van der Waals surface area contributed by atoms with E-state index < -0.39 is 0 Å². The summed E-state index contributed by atoms with van der Waals surface area (Å²) in [7, 11) is 0. The monoisotopic (exact) mass is 426 g/mol. The second-order valence-electron chi connectivity index (χ2n) is 6.67. The van der Waals surface area contributed by atoms with Crippen LogP contribution in [0.15, 0.2) is 59.2 Å². The number of nitrogens with zero attached hydrogens (tertiary/aromatic N) is 1. The fourth-order valence-electron chi connectivity index (χ4n) is 3.46. The van der Waals surface area contributed by atoms with Gasteiger partial charge in [-0.25, -0.2) is 0 Å². The Bertz CT molecular complexity index is 861. The molecule has 2 aromatic rings. The van der Waals surface area contributed by atoms with E-state index in [-0.39, 0.29) is 30.3 Å². The summed E-state index contributed by atoms with van der Waals surface area (Å²) in [6.07, 6.45) is 4.72. The zero-order chi connectivity index (χ0) is 19.4. The molecule has 140 valence electrons. The highest BCUT2D eigenvalue weighted by molar-refractivity contribution is 9.10. The number of fused-ring (bicyclic) bond motifs is 1. The number of benzene rings is 2. The van der Waals surface area contributed by atoms with E-state index in [1.807, 2.05) is 61.5 Å². The average Bonchev–Trinajstić information content (AvgIpc) is 2.67. The van der Waals surface area contributed by atoms with Crippen LogP contribution in [0.1, 0.15) is 55.5 Å². The van der Waals surface area contributed by atoms with Gasteiger partial charge in [-0.1, -0.05) is 59.3 Å². The summed E-state index contributed by atoms with van der Waals surface area (Å²) in [5.41, 5.74) is 3.12. The number of hydrogen-bond donors (Lipinski definition) is 1. The Labute approximate surface area is 168 Å². The van der Waals surface area contributed by atoms with Crippen molar-refractivity contribution >= 4 is 33.8 Å². The summed E-state index contributed by atoms with van der Waals surface area (Å²) in [5, 5.41) is 3.12. The molecular weight excluding hydrogens is 404 g/mol. The molecule has 2 amide bonds. The summed E-state index contributed by atoms with van der Waals surface area (Å²) >= 11 is 3.44. The molecule has 1 aliphatic rings. The van der Waals surface area contributed by atoms with Crippen LogP contribution in [0.5, 0.6) is 0 Å². The minimum Gasteiger partial charge on any atom is -0.349 e. The van der Waals surface area contributed by atoms with E-state index in [0.29, 0.717) is 0 Å². The van der Waals surface area contributed by atoms with Crippen molar-refractivity contribution < 1.29 is 9.59 Å². The maximum atomic E-state index is 12.8. The molecule has 0 bridgehead atoms. The van der Waals surface area contributed by atoms with Crippen LogP contribution in [0, 0.1) is 0 Å². The van der Waals surface area contributed by atoms with Crippen molar-refractivity contribution in [3.05, 3.63) is 75.9 Å². The van der Waals surface area contributed by atoms with Crippen LogP contribution in [0.25, 0.3) is 6.08 Å². The topological polar surface area (TPSA) is 49.4 Å². The van der Waals surface area contributed by atoms with Crippen molar-refractivity contribution in [3.8, 4) is 0 Å². The Hall–Kier alpha value is -2.40. The fraction of sp³-hybridized carbons (Fsp3) is 0.273. The number of halogens is 1. The van der Waals surface area contributed by atoms with Gasteiger partial charge in [0.15, 0.2) is 0 Å². The van der Waals surface area contributed by atoms with Crippen LogP contribution in [-0.2, 0) is 9.59 Å². The van der Waals surface area contributed by atoms with Gasteiger partial charge in [-0.05, 0) is 41.3 Å². The minimum atomic E-state index is -0.286. The largest absolute Gasteiger partial charge is 0.349 e. The zero-order valence-electron chi connectivity index (χ0n) is 15.5. The standard InChI is InChI=1S/C22H23BrN2O2/c1-3-20(17-8-10-18(23)11-9-17)24-22(27)14-21-19-7-5-4-6-16(19)12-13-25(21)15(2)26/h4-13,20-21H,3,14H2,1-2H3,(H,24,27). The maximum Gasteiger partial charge on any atom is 0.223 e. The van der Waals surface area contributed by atoms with Crippen LogP contribution in [-0.4, -0.2) is 16.7 Å². The van der Waals surface area contributed by atoms with Crippen LogP contribution in [0.3, 0.4) is 0 Å². The molecule has 0 saturated carbocycles. The van der Waals surface area contributed by atoms with Crippen molar-refractivity contribution in [1.82, 2.24) is 10.2 Å². The van der Waals surface area contributed by atoms with Gasteiger partial charge in [-0.3, -0.25) is 9.59 Å². The summed E-state index contributed by atoms with van der Waals surface area (Å²) < 4.78 is 1.01. The predicted octanol–water partition coefficient (Wildman–Crippen LogP) is 4.98. The first-order valence-corrected chi connectivity index (χ1v) is 9.89. The molecule has 5 heteroatoms. The minimum absolute atomic E-state index is 0.0502. The fourth-order valence-corrected chi connectivity index (χ4v) is 3.72. The van der Waals surface area contributed by atoms with Gasteiger partial charge in [0.05, 0.1) is 18.5 Å². The Kier molecular flexibility index (Phi) is 6.11. The highest BCUT2D eigenvalue weighted by Gasteiger charge is 2.28. The molecule has 0 aliphatic carbocycles. The van der Waals surface area contributed by atoms with Crippen molar-refractivity contribution in [1.29, 1.82) is 0 Å². The zero-order valence-corrected chi connectivity index (χ0v) is 17.1. The van der Waals surface area contributed by atoms with Crippen molar-refractivity contribution in [2.75, 3.05) is 0 Å². The van der Waals surface area contributed by atoms with Gasteiger partial charge in [-0.2, -0.15) is 0 Å². The molecule has 2 aromatic carbocycles. The van der Waals surface area contributed by atoms with Crippen LogP contribution >= 0.6 is 15.9 Å². The lowest BCUT2D eigenvalue weighted by atomic mass is 9.93. The Morgan fingerprint density at radius 3 is 2.52 bits per heavy atom. The Balaban J connectivity index is 1.77. The SMILES string of the molecule is CCC(NC(=O)CC1c2ccccc2C=CN1C(C)=O)c1ccc(Br)cc1. The lowest BCUT2D eigenvalue weighted by Crippen LogP contribution is -2.36. The number of nitrogens with one attached hydrogen (secondary N) is 1. The highest BCUT2D eigenvalue weighted by atomic mass is 79.9.